The predicted octanol–water partition coefficient (Wildman–Crippen LogP) is 3.50. The molecule has 0 saturated carbocycles. The first-order valence-corrected chi connectivity index (χ1v) is 10.1. The highest BCUT2D eigenvalue weighted by Gasteiger charge is 2.17. The fourth-order valence-electron chi connectivity index (χ4n) is 2.55. The number of para-hydroxylation sites is 1. The molecule has 3 rings (SSSR count). The van der Waals surface area contributed by atoms with Gasteiger partial charge < -0.3 is 14.8 Å². The summed E-state index contributed by atoms with van der Waals surface area (Å²) < 4.78 is 10.9. The van der Waals surface area contributed by atoms with Crippen molar-refractivity contribution in [3.05, 3.63) is 65.5 Å². The quantitative estimate of drug-likeness (QED) is 0.523. The molecule has 1 atom stereocenters. The molecule has 8 heteroatoms. The fraction of sp³-hybridized carbons (Fsp3) is 0.286. The minimum Gasteiger partial charge on any atom is -0.497 e. The molecule has 1 aromatic heterocycles. The van der Waals surface area contributed by atoms with Crippen molar-refractivity contribution in [3.63, 3.8) is 0 Å². The van der Waals surface area contributed by atoms with E-state index < -0.39 is 0 Å². The van der Waals surface area contributed by atoms with E-state index in [0.717, 1.165) is 22.6 Å². The van der Waals surface area contributed by atoms with Crippen LogP contribution in [0.15, 0.2) is 53.7 Å². The lowest BCUT2D eigenvalue weighted by Crippen LogP contribution is -2.30. The molecule has 0 saturated heterocycles. The predicted molar refractivity (Wildman–Crippen MR) is 112 cm³/mol. The molecule has 3 aromatic rings. The number of H-pyrrole nitrogens is 1. The van der Waals surface area contributed by atoms with Crippen molar-refractivity contribution in [2.45, 2.75) is 37.4 Å². The molecule has 0 aliphatic heterocycles. The number of carbonyl (C=O) groups is 1. The Kier molecular flexibility index (Phi) is 7.13. The first kappa shape index (κ1) is 20.7. The van der Waals surface area contributed by atoms with Crippen molar-refractivity contribution in [3.8, 4) is 11.5 Å². The Labute approximate surface area is 174 Å². The number of nitrogens with one attached hydrogen (secondary N) is 2. The second-order valence-corrected chi connectivity index (χ2v) is 7.75. The SMILES string of the molecule is COc1ccc(CNC(=O)[C@H](C)Sc2n[nH]c(COc3ccccc3C)n2)cc1. The third-order valence-electron chi connectivity index (χ3n) is 4.25. The van der Waals surface area contributed by atoms with Crippen molar-refractivity contribution in [2.24, 2.45) is 0 Å². The molecule has 1 amide bonds. The molecule has 152 valence electrons. The van der Waals surface area contributed by atoms with E-state index in [1.165, 1.54) is 11.8 Å². The summed E-state index contributed by atoms with van der Waals surface area (Å²) in [5.41, 5.74) is 2.06. The maximum absolute atomic E-state index is 12.4. The van der Waals surface area contributed by atoms with E-state index in [4.69, 9.17) is 9.47 Å². The van der Waals surface area contributed by atoms with Gasteiger partial charge in [-0.25, -0.2) is 4.98 Å². The van der Waals surface area contributed by atoms with Crippen LogP contribution in [0.25, 0.3) is 0 Å². The Morgan fingerprint density at radius 3 is 2.69 bits per heavy atom. The van der Waals surface area contributed by atoms with E-state index in [1.807, 2.05) is 62.4 Å². The molecule has 0 unspecified atom stereocenters. The summed E-state index contributed by atoms with van der Waals surface area (Å²) in [6.07, 6.45) is 0. The number of amides is 1. The molecule has 0 radical (unpaired) electrons. The van der Waals surface area contributed by atoms with Crippen LogP contribution in [-0.2, 0) is 17.9 Å². The van der Waals surface area contributed by atoms with Crippen molar-refractivity contribution in [1.29, 1.82) is 0 Å². The van der Waals surface area contributed by atoms with Crippen LogP contribution < -0.4 is 14.8 Å². The van der Waals surface area contributed by atoms with Crippen LogP contribution in [0.2, 0.25) is 0 Å². The average Bonchev–Trinajstić information content (AvgIpc) is 3.19. The number of hydrogen-bond acceptors (Lipinski definition) is 6. The summed E-state index contributed by atoms with van der Waals surface area (Å²) in [5.74, 6) is 2.13. The van der Waals surface area contributed by atoms with Gasteiger partial charge in [-0.1, -0.05) is 42.1 Å². The number of hydrogen-bond donors (Lipinski definition) is 2. The van der Waals surface area contributed by atoms with Gasteiger partial charge in [0.1, 0.15) is 18.1 Å². The van der Waals surface area contributed by atoms with E-state index in [9.17, 15) is 4.79 Å². The van der Waals surface area contributed by atoms with Gasteiger partial charge in [0.15, 0.2) is 5.82 Å². The van der Waals surface area contributed by atoms with Gasteiger partial charge >= 0.3 is 0 Å². The Hall–Kier alpha value is -3.00. The van der Waals surface area contributed by atoms with Gasteiger partial charge in [-0.3, -0.25) is 9.89 Å². The lowest BCUT2D eigenvalue weighted by Gasteiger charge is -2.10. The van der Waals surface area contributed by atoms with Crippen molar-refractivity contribution < 1.29 is 14.3 Å². The number of nitrogens with zero attached hydrogens (tertiary/aromatic N) is 2. The molecule has 2 aromatic carbocycles. The molecule has 2 N–H and O–H groups in total. The zero-order chi connectivity index (χ0) is 20.6. The maximum atomic E-state index is 12.4. The Morgan fingerprint density at radius 2 is 1.97 bits per heavy atom. The van der Waals surface area contributed by atoms with Crippen LogP contribution in [0, 0.1) is 6.92 Å². The van der Waals surface area contributed by atoms with Gasteiger partial charge in [0.25, 0.3) is 0 Å². The Bertz CT molecular complexity index is 943. The van der Waals surface area contributed by atoms with Crippen LogP contribution in [0.5, 0.6) is 11.5 Å². The van der Waals surface area contributed by atoms with Crippen LogP contribution in [0.1, 0.15) is 23.9 Å². The minimum absolute atomic E-state index is 0.0756. The molecular weight excluding hydrogens is 388 g/mol. The lowest BCUT2D eigenvalue weighted by molar-refractivity contribution is -0.120. The number of ether oxygens (including phenoxy) is 2. The third kappa shape index (κ3) is 5.99. The van der Waals surface area contributed by atoms with Crippen LogP contribution in [0.4, 0.5) is 0 Å². The monoisotopic (exact) mass is 412 g/mol. The fourth-order valence-corrected chi connectivity index (χ4v) is 3.32. The van der Waals surface area contributed by atoms with Crippen LogP contribution >= 0.6 is 11.8 Å². The number of carbonyl (C=O) groups excluding carboxylic acids is 1. The molecule has 29 heavy (non-hydrogen) atoms. The van der Waals surface area contributed by atoms with Crippen molar-refractivity contribution >= 4 is 17.7 Å². The number of aryl methyl sites for hydroxylation is 1. The standard InChI is InChI=1S/C21H24N4O3S/c1-14-6-4-5-7-18(14)28-13-19-23-21(25-24-19)29-15(2)20(26)22-12-16-8-10-17(27-3)11-9-16/h4-11,15H,12-13H2,1-3H3,(H,22,26)(H,23,24,25)/t15-/m0/s1. The highest BCUT2D eigenvalue weighted by Crippen LogP contribution is 2.21. The molecule has 0 bridgehead atoms. The van der Waals surface area contributed by atoms with Gasteiger partial charge in [0.2, 0.25) is 11.1 Å². The van der Waals surface area contributed by atoms with E-state index in [2.05, 4.69) is 20.5 Å². The van der Waals surface area contributed by atoms with E-state index in [1.54, 1.807) is 7.11 Å². The molecule has 0 aliphatic rings. The first-order valence-electron chi connectivity index (χ1n) is 9.22. The normalized spacial score (nSPS) is 11.7. The number of aromatic nitrogens is 3. The van der Waals surface area contributed by atoms with Gasteiger partial charge in [0, 0.05) is 6.54 Å². The second-order valence-electron chi connectivity index (χ2n) is 6.44. The summed E-state index contributed by atoms with van der Waals surface area (Å²) >= 11 is 1.30. The maximum Gasteiger partial charge on any atom is 0.233 e. The van der Waals surface area contributed by atoms with Gasteiger partial charge in [-0.05, 0) is 43.2 Å². The zero-order valence-corrected chi connectivity index (χ0v) is 17.5. The lowest BCUT2D eigenvalue weighted by atomic mass is 10.2. The number of methoxy groups -OCH3 is 1. The first-order chi connectivity index (χ1) is 14.0. The molecule has 0 spiro atoms. The highest BCUT2D eigenvalue weighted by atomic mass is 32.2. The Balaban J connectivity index is 1.46. The third-order valence-corrected chi connectivity index (χ3v) is 5.21. The molecule has 1 heterocycles. The summed E-state index contributed by atoms with van der Waals surface area (Å²) in [6, 6.07) is 15.4. The highest BCUT2D eigenvalue weighted by molar-refractivity contribution is 8.00. The van der Waals surface area contributed by atoms with Gasteiger partial charge in [-0.15, -0.1) is 5.10 Å². The van der Waals surface area contributed by atoms with E-state index >= 15 is 0 Å². The second kappa shape index (κ2) is 9.97. The summed E-state index contributed by atoms with van der Waals surface area (Å²) in [6.45, 7) is 4.56. The van der Waals surface area contributed by atoms with Gasteiger partial charge in [0.05, 0.1) is 12.4 Å². The average molecular weight is 413 g/mol. The van der Waals surface area contributed by atoms with Crippen molar-refractivity contribution in [1.82, 2.24) is 20.5 Å². The number of rotatable bonds is 9. The topological polar surface area (TPSA) is 89.1 Å². The Morgan fingerprint density at radius 1 is 1.21 bits per heavy atom. The molecule has 0 fully saturated rings. The van der Waals surface area contributed by atoms with E-state index in [-0.39, 0.29) is 17.8 Å². The molecular formula is C21H24N4O3S. The number of thioether (sulfide) groups is 1. The molecule has 7 nitrogen and oxygen atoms in total. The van der Waals surface area contributed by atoms with Gasteiger partial charge in [-0.2, -0.15) is 0 Å². The minimum atomic E-state index is -0.325. The summed E-state index contributed by atoms with van der Waals surface area (Å²) in [5, 5.41) is 10.1. The number of benzene rings is 2. The van der Waals surface area contributed by atoms with Crippen molar-refractivity contribution in [2.75, 3.05) is 7.11 Å². The largest absolute Gasteiger partial charge is 0.497 e. The smallest absolute Gasteiger partial charge is 0.233 e. The summed E-state index contributed by atoms with van der Waals surface area (Å²) in [4.78, 5) is 16.7. The van der Waals surface area contributed by atoms with E-state index in [0.29, 0.717) is 17.5 Å². The number of aromatic amines is 1. The zero-order valence-electron chi connectivity index (χ0n) is 16.6. The van der Waals surface area contributed by atoms with Crippen LogP contribution in [0.3, 0.4) is 0 Å². The van der Waals surface area contributed by atoms with Crippen LogP contribution in [-0.4, -0.2) is 33.4 Å². The summed E-state index contributed by atoms with van der Waals surface area (Å²) in [7, 11) is 1.62. The molecule has 0 aliphatic carbocycles.